The summed E-state index contributed by atoms with van der Waals surface area (Å²) in [6.45, 7) is 9.73. The summed E-state index contributed by atoms with van der Waals surface area (Å²) in [6, 6.07) is 4.54. The number of rotatable bonds is 5. The summed E-state index contributed by atoms with van der Waals surface area (Å²) in [4.78, 5) is 12.2. The first-order valence-electron chi connectivity index (χ1n) is 7.48. The maximum Gasteiger partial charge on any atom is 0.328 e. The molecule has 0 fully saturated rings. The molecule has 1 aromatic carbocycles. The first-order valence-corrected chi connectivity index (χ1v) is 7.48. The van der Waals surface area contributed by atoms with Crippen LogP contribution in [-0.2, 0) is 13.1 Å². The maximum absolute atomic E-state index is 12.2. The molecule has 0 aliphatic carbocycles. The molecule has 1 atom stereocenters. The van der Waals surface area contributed by atoms with Gasteiger partial charge in [0.15, 0.2) is 0 Å². The minimum atomic E-state index is 0.0557. The number of aromatic nitrogens is 2. The van der Waals surface area contributed by atoms with Crippen molar-refractivity contribution >= 4 is 0 Å². The van der Waals surface area contributed by atoms with Crippen LogP contribution >= 0.6 is 0 Å². The van der Waals surface area contributed by atoms with Crippen molar-refractivity contribution in [1.82, 2.24) is 14.5 Å². The predicted octanol–water partition coefficient (Wildman–Crippen LogP) is 2.56. The number of nitrogens with one attached hydrogen (secondary N) is 1. The van der Waals surface area contributed by atoms with Crippen LogP contribution in [0.3, 0.4) is 0 Å². The SMILES string of the molecule is CCn1ccn(CC(NC)c2c(C)cc(C)cc2C)c1=O. The number of aryl methyl sites for hydroxylation is 4. The van der Waals surface area contributed by atoms with Gasteiger partial charge in [-0.15, -0.1) is 0 Å². The second-order valence-corrected chi connectivity index (χ2v) is 5.67. The Morgan fingerprint density at radius 1 is 1.10 bits per heavy atom. The summed E-state index contributed by atoms with van der Waals surface area (Å²) < 4.78 is 3.50. The summed E-state index contributed by atoms with van der Waals surface area (Å²) in [6.07, 6.45) is 3.72. The zero-order valence-electron chi connectivity index (χ0n) is 13.6. The van der Waals surface area contributed by atoms with E-state index in [-0.39, 0.29) is 11.7 Å². The van der Waals surface area contributed by atoms with Gasteiger partial charge in [-0.1, -0.05) is 17.7 Å². The lowest BCUT2D eigenvalue weighted by Crippen LogP contribution is -2.30. The molecule has 0 radical (unpaired) electrons. The van der Waals surface area contributed by atoms with Crippen molar-refractivity contribution in [2.24, 2.45) is 0 Å². The fourth-order valence-corrected chi connectivity index (χ4v) is 3.10. The summed E-state index contributed by atoms with van der Waals surface area (Å²) >= 11 is 0. The highest BCUT2D eigenvalue weighted by molar-refractivity contribution is 5.39. The van der Waals surface area contributed by atoms with E-state index in [4.69, 9.17) is 0 Å². The van der Waals surface area contributed by atoms with E-state index in [1.54, 1.807) is 9.13 Å². The molecule has 21 heavy (non-hydrogen) atoms. The van der Waals surface area contributed by atoms with Gasteiger partial charge in [-0.25, -0.2) is 4.79 Å². The third kappa shape index (κ3) is 3.10. The van der Waals surface area contributed by atoms with Gasteiger partial charge in [0.05, 0.1) is 6.04 Å². The van der Waals surface area contributed by atoms with E-state index < -0.39 is 0 Å². The average molecular weight is 287 g/mol. The van der Waals surface area contributed by atoms with Crippen molar-refractivity contribution in [1.29, 1.82) is 0 Å². The van der Waals surface area contributed by atoms with Crippen LogP contribution in [0.2, 0.25) is 0 Å². The van der Waals surface area contributed by atoms with E-state index in [9.17, 15) is 4.79 Å². The molecule has 0 bridgehead atoms. The molecule has 114 valence electrons. The van der Waals surface area contributed by atoms with Gasteiger partial charge in [0, 0.05) is 25.5 Å². The van der Waals surface area contributed by atoms with E-state index in [0.29, 0.717) is 13.1 Å². The zero-order valence-corrected chi connectivity index (χ0v) is 13.6. The molecule has 0 amide bonds. The summed E-state index contributed by atoms with van der Waals surface area (Å²) in [7, 11) is 1.95. The predicted molar refractivity (Wildman–Crippen MR) is 86.8 cm³/mol. The fourth-order valence-electron chi connectivity index (χ4n) is 3.10. The lowest BCUT2D eigenvalue weighted by atomic mass is 9.94. The molecular weight excluding hydrogens is 262 g/mol. The number of hydrogen-bond donors (Lipinski definition) is 1. The van der Waals surface area contributed by atoms with Crippen LogP contribution in [0.25, 0.3) is 0 Å². The highest BCUT2D eigenvalue weighted by atomic mass is 16.1. The zero-order chi connectivity index (χ0) is 15.6. The molecule has 0 saturated heterocycles. The van der Waals surface area contributed by atoms with Crippen molar-refractivity contribution in [3.63, 3.8) is 0 Å². The Morgan fingerprint density at radius 3 is 2.14 bits per heavy atom. The molecule has 0 spiro atoms. The van der Waals surface area contributed by atoms with Gasteiger partial charge >= 0.3 is 5.69 Å². The molecule has 4 nitrogen and oxygen atoms in total. The second-order valence-electron chi connectivity index (χ2n) is 5.67. The number of hydrogen-bond acceptors (Lipinski definition) is 2. The van der Waals surface area contributed by atoms with Crippen molar-refractivity contribution in [2.45, 2.75) is 46.8 Å². The van der Waals surface area contributed by atoms with Crippen LogP contribution in [0.5, 0.6) is 0 Å². The lowest BCUT2D eigenvalue weighted by Gasteiger charge is -2.22. The maximum atomic E-state index is 12.2. The second kappa shape index (κ2) is 6.31. The van der Waals surface area contributed by atoms with Crippen molar-refractivity contribution < 1.29 is 0 Å². The molecule has 0 aliphatic heterocycles. The smallest absolute Gasteiger partial charge is 0.312 e. The molecule has 2 rings (SSSR count). The Kier molecular flexibility index (Phi) is 4.68. The van der Waals surface area contributed by atoms with Gasteiger partial charge < -0.3 is 5.32 Å². The van der Waals surface area contributed by atoms with Crippen LogP contribution in [0.15, 0.2) is 29.3 Å². The molecule has 1 aromatic heterocycles. The molecule has 1 unspecified atom stereocenters. The van der Waals surface area contributed by atoms with Crippen LogP contribution < -0.4 is 11.0 Å². The Bertz CT molecular complexity index is 659. The standard InChI is InChI=1S/C17H25N3O/c1-6-19-7-8-20(17(19)21)11-15(18-5)16-13(3)9-12(2)10-14(16)4/h7-10,15,18H,6,11H2,1-5H3. The quantitative estimate of drug-likeness (QED) is 0.918. The largest absolute Gasteiger partial charge is 0.328 e. The Morgan fingerprint density at radius 2 is 1.67 bits per heavy atom. The van der Waals surface area contributed by atoms with Crippen molar-refractivity contribution in [3.05, 3.63) is 57.3 Å². The van der Waals surface area contributed by atoms with Crippen LogP contribution in [0.1, 0.15) is 35.2 Å². The third-order valence-corrected chi connectivity index (χ3v) is 4.07. The van der Waals surface area contributed by atoms with Crippen molar-refractivity contribution in [2.75, 3.05) is 7.05 Å². The molecule has 1 N–H and O–H groups in total. The summed E-state index contributed by atoms with van der Waals surface area (Å²) in [5.74, 6) is 0. The van der Waals surface area contributed by atoms with E-state index in [2.05, 4.69) is 38.2 Å². The van der Waals surface area contributed by atoms with Crippen molar-refractivity contribution in [3.8, 4) is 0 Å². The molecule has 0 aliphatic rings. The van der Waals surface area contributed by atoms with Gasteiger partial charge in [-0.05, 0) is 51.4 Å². The Labute approximate surface area is 126 Å². The van der Waals surface area contributed by atoms with Gasteiger partial charge in [0.25, 0.3) is 0 Å². The van der Waals surface area contributed by atoms with Crippen LogP contribution in [-0.4, -0.2) is 16.2 Å². The van der Waals surface area contributed by atoms with Crippen LogP contribution in [0.4, 0.5) is 0 Å². The molecule has 0 saturated carbocycles. The topological polar surface area (TPSA) is 39.0 Å². The first-order chi connectivity index (χ1) is 9.97. The molecule has 2 aromatic rings. The Balaban J connectivity index is 2.37. The Hall–Kier alpha value is -1.81. The highest BCUT2D eigenvalue weighted by Crippen LogP contribution is 2.24. The number of nitrogens with zero attached hydrogens (tertiary/aromatic N) is 2. The molecule has 4 heteroatoms. The normalized spacial score (nSPS) is 12.6. The van der Waals surface area contributed by atoms with Gasteiger partial charge in [-0.2, -0.15) is 0 Å². The monoisotopic (exact) mass is 287 g/mol. The fraction of sp³-hybridized carbons (Fsp3) is 0.471. The van der Waals surface area contributed by atoms with Gasteiger partial charge in [-0.3, -0.25) is 9.13 Å². The molecule has 1 heterocycles. The van der Waals surface area contributed by atoms with Gasteiger partial charge in [0.1, 0.15) is 0 Å². The minimum Gasteiger partial charge on any atom is -0.312 e. The number of imidazole rings is 1. The number of benzene rings is 1. The average Bonchev–Trinajstić information content (AvgIpc) is 2.77. The highest BCUT2D eigenvalue weighted by Gasteiger charge is 2.16. The van der Waals surface area contributed by atoms with E-state index in [1.165, 1.54) is 22.3 Å². The van der Waals surface area contributed by atoms with E-state index >= 15 is 0 Å². The lowest BCUT2D eigenvalue weighted by molar-refractivity contribution is 0.481. The summed E-state index contributed by atoms with van der Waals surface area (Å²) in [5, 5.41) is 3.35. The van der Waals surface area contributed by atoms with Crippen LogP contribution in [0, 0.1) is 20.8 Å². The number of likely N-dealkylation sites (N-methyl/N-ethyl adjacent to an activating group) is 1. The first kappa shape index (κ1) is 15.6. The summed E-state index contributed by atoms with van der Waals surface area (Å²) in [5.41, 5.74) is 5.17. The third-order valence-electron chi connectivity index (χ3n) is 4.07. The molecular formula is C17H25N3O. The van der Waals surface area contributed by atoms with E-state index in [1.807, 2.05) is 26.4 Å². The minimum absolute atomic E-state index is 0.0557. The van der Waals surface area contributed by atoms with Gasteiger partial charge in [0.2, 0.25) is 0 Å². The van der Waals surface area contributed by atoms with E-state index in [0.717, 1.165) is 0 Å².